The standard InChI is InChI=1S/C18H20FN3O4S/c1-13-8-10-21(11-9-13)16-5-3-15(4-6-16)20-27(25,26)18-7-2-14(19)12-17(18)22(23)24/h2-7,12-13,20H,8-11H2,1H3. The van der Waals surface area contributed by atoms with Crippen LogP contribution in [0, 0.1) is 21.8 Å². The van der Waals surface area contributed by atoms with Crippen LogP contribution in [0.25, 0.3) is 0 Å². The molecule has 3 rings (SSSR count). The predicted octanol–water partition coefficient (Wildman–Crippen LogP) is 3.77. The lowest BCUT2D eigenvalue weighted by molar-refractivity contribution is -0.388. The van der Waals surface area contributed by atoms with E-state index in [1.165, 1.54) is 0 Å². The Bertz CT molecular complexity index is 940. The number of nitro groups is 1. The smallest absolute Gasteiger partial charge is 0.292 e. The average Bonchev–Trinajstić information content (AvgIpc) is 2.62. The summed E-state index contributed by atoms with van der Waals surface area (Å²) in [6.45, 7) is 4.13. The number of hydrogen-bond donors (Lipinski definition) is 1. The number of benzene rings is 2. The molecule has 1 aliphatic rings. The lowest BCUT2D eigenvalue weighted by atomic mass is 9.99. The third kappa shape index (κ3) is 4.36. The highest BCUT2D eigenvalue weighted by Gasteiger charge is 2.26. The fourth-order valence-corrected chi connectivity index (χ4v) is 4.29. The van der Waals surface area contributed by atoms with Crippen LogP contribution in [-0.4, -0.2) is 26.4 Å². The van der Waals surface area contributed by atoms with Gasteiger partial charge in [-0.25, -0.2) is 12.8 Å². The number of sulfonamides is 1. The van der Waals surface area contributed by atoms with Gasteiger partial charge in [0.15, 0.2) is 4.90 Å². The Balaban J connectivity index is 1.80. The maximum Gasteiger partial charge on any atom is 0.292 e. The van der Waals surface area contributed by atoms with Crippen molar-refractivity contribution in [3.05, 3.63) is 58.4 Å². The fourth-order valence-electron chi connectivity index (χ4n) is 3.08. The monoisotopic (exact) mass is 393 g/mol. The Morgan fingerprint density at radius 2 is 1.78 bits per heavy atom. The highest BCUT2D eigenvalue weighted by Crippen LogP contribution is 2.28. The van der Waals surface area contributed by atoms with Gasteiger partial charge in [-0.1, -0.05) is 6.92 Å². The highest BCUT2D eigenvalue weighted by molar-refractivity contribution is 7.92. The number of nitrogens with zero attached hydrogens (tertiary/aromatic N) is 2. The van der Waals surface area contributed by atoms with E-state index in [4.69, 9.17) is 0 Å². The quantitative estimate of drug-likeness (QED) is 0.617. The molecular weight excluding hydrogens is 373 g/mol. The van der Waals surface area contributed by atoms with Crippen LogP contribution in [0.15, 0.2) is 47.4 Å². The van der Waals surface area contributed by atoms with Gasteiger partial charge in [-0.3, -0.25) is 14.8 Å². The molecule has 1 N–H and O–H groups in total. The van der Waals surface area contributed by atoms with E-state index >= 15 is 0 Å². The van der Waals surface area contributed by atoms with Crippen molar-refractivity contribution in [1.82, 2.24) is 0 Å². The Labute approximate surface area is 157 Å². The van der Waals surface area contributed by atoms with E-state index in [2.05, 4.69) is 16.5 Å². The molecule has 0 saturated carbocycles. The van der Waals surface area contributed by atoms with Gasteiger partial charge in [-0.15, -0.1) is 0 Å². The predicted molar refractivity (Wildman–Crippen MR) is 101 cm³/mol. The molecular formula is C18H20FN3O4S. The summed E-state index contributed by atoms with van der Waals surface area (Å²) in [5, 5.41) is 11.1. The second-order valence-electron chi connectivity index (χ2n) is 6.69. The topological polar surface area (TPSA) is 92.6 Å². The molecule has 1 fully saturated rings. The van der Waals surface area contributed by atoms with Crippen LogP contribution in [0.4, 0.5) is 21.5 Å². The highest BCUT2D eigenvalue weighted by atomic mass is 32.2. The van der Waals surface area contributed by atoms with E-state index in [9.17, 15) is 22.9 Å². The zero-order valence-corrected chi connectivity index (χ0v) is 15.6. The second kappa shape index (κ2) is 7.51. The Morgan fingerprint density at radius 1 is 1.15 bits per heavy atom. The summed E-state index contributed by atoms with van der Waals surface area (Å²) in [6, 6.07) is 9.20. The zero-order chi connectivity index (χ0) is 19.6. The molecule has 0 aliphatic carbocycles. The first-order chi connectivity index (χ1) is 12.8. The molecule has 144 valence electrons. The Hall–Kier alpha value is -2.68. The van der Waals surface area contributed by atoms with Crippen molar-refractivity contribution < 1.29 is 17.7 Å². The Kier molecular flexibility index (Phi) is 5.31. The van der Waals surface area contributed by atoms with E-state index in [0.717, 1.165) is 43.8 Å². The molecule has 2 aromatic carbocycles. The lowest BCUT2D eigenvalue weighted by Crippen LogP contribution is -2.32. The molecule has 2 aromatic rings. The summed E-state index contributed by atoms with van der Waals surface area (Å²) in [7, 11) is -4.22. The minimum Gasteiger partial charge on any atom is -0.372 e. The minimum absolute atomic E-state index is 0.280. The van der Waals surface area contributed by atoms with Gasteiger partial charge in [0.25, 0.3) is 15.7 Å². The first-order valence-corrected chi connectivity index (χ1v) is 10.1. The maximum absolute atomic E-state index is 13.2. The molecule has 0 unspecified atom stereocenters. The van der Waals surface area contributed by atoms with Crippen LogP contribution in [0.1, 0.15) is 19.8 Å². The molecule has 0 bridgehead atoms. The van der Waals surface area contributed by atoms with Crippen LogP contribution < -0.4 is 9.62 Å². The molecule has 0 radical (unpaired) electrons. The number of anilines is 2. The Morgan fingerprint density at radius 3 is 2.37 bits per heavy atom. The van der Waals surface area contributed by atoms with Crippen molar-refractivity contribution in [1.29, 1.82) is 0 Å². The minimum atomic E-state index is -4.22. The number of nitro benzene ring substituents is 1. The molecule has 0 aromatic heterocycles. The number of rotatable bonds is 5. The van der Waals surface area contributed by atoms with Gasteiger partial charge < -0.3 is 4.90 Å². The summed E-state index contributed by atoms with van der Waals surface area (Å²) < 4.78 is 40.6. The lowest BCUT2D eigenvalue weighted by Gasteiger charge is -2.32. The number of hydrogen-bond acceptors (Lipinski definition) is 5. The van der Waals surface area contributed by atoms with Crippen LogP contribution in [0.2, 0.25) is 0 Å². The first kappa shape index (κ1) is 19.1. The van der Waals surface area contributed by atoms with Gasteiger partial charge in [0.05, 0.1) is 11.0 Å². The van der Waals surface area contributed by atoms with Gasteiger partial charge >= 0.3 is 0 Å². The van der Waals surface area contributed by atoms with Crippen molar-refractivity contribution in [2.45, 2.75) is 24.7 Å². The van der Waals surface area contributed by atoms with Crippen molar-refractivity contribution in [3.8, 4) is 0 Å². The van der Waals surface area contributed by atoms with E-state index in [1.54, 1.807) is 12.1 Å². The molecule has 1 heterocycles. The van der Waals surface area contributed by atoms with Crippen molar-refractivity contribution in [3.63, 3.8) is 0 Å². The zero-order valence-electron chi connectivity index (χ0n) is 14.8. The molecule has 9 heteroatoms. The van der Waals surface area contributed by atoms with Crippen LogP contribution >= 0.6 is 0 Å². The first-order valence-electron chi connectivity index (χ1n) is 8.58. The number of piperidine rings is 1. The molecule has 1 aliphatic heterocycles. The summed E-state index contributed by atoms with van der Waals surface area (Å²) in [5.41, 5.74) is 0.474. The van der Waals surface area contributed by atoms with Gasteiger partial charge in [0.1, 0.15) is 5.82 Å². The number of nitrogens with one attached hydrogen (secondary N) is 1. The summed E-state index contributed by atoms with van der Waals surface area (Å²) in [6.07, 6.45) is 2.23. The normalized spacial score (nSPS) is 15.6. The fraction of sp³-hybridized carbons (Fsp3) is 0.333. The summed E-state index contributed by atoms with van der Waals surface area (Å²) >= 11 is 0. The SMILES string of the molecule is CC1CCN(c2ccc(NS(=O)(=O)c3ccc(F)cc3[N+](=O)[O-])cc2)CC1. The van der Waals surface area contributed by atoms with Gasteiger partial charge in [-0.05, 0) is 55.2 Å². The van der Waals surface area contributed by atoms with E-state index in [-0.39, 0.29) is 5.69 Å². The van der Waals surface area contributed by atoms with Crippen molar-refractivity contribution in [2.75, 3.05) is 22.7 Å². The molecule has 7 nitrogen and oxygen atoms in total. The van der Waals surface area contributed by atoms with E-state index in [1.807, 2.05) is 12.1 Å². The van der Waals surface area contributed by atoms with Crippen LogP contribution in [0.5, 0.6) is 0 Å². The third-order valence-corrected chi connectivity index (χ3v) is 6.10. The summed E-state index contributed by atoms with van der Waals surface area (Å²) in [5.74, 6) is -0.167. The van der Waals surface area contributed by atoms with Crippen molar-refractivity contribution in [2.24, 2.45) is 5.92 Å². The van der Waals surface area contributed by atoms with Gasteiger partial charge in [0.2, 0.25) is 0 Å². The second-order valence-corrected chi connectivity index (χ2v) is 8.34. The molecule has 0 amide bonds. The van der Waals surface area contributed by atoms with E-state index in [0.29, 0.717) is 12.0 Å². The molecule has 27 heavy (non-hydrogen) atoms. The third-order valence-electron chi connectivity index (χ3n) is 4.68. The van der Waals surface area contributed by atoms with Crippen LogP contribution in [-0.2, 0) is 10.0 Å². The largest absolute Gasteiger partial charge is 0.372 e. The maximum atomic E-state index is 13.2. The average molecular weight is 393 g/mol. The van der Waals surface area contributed by atoms with Crippen LogP contribution in [0.3, 0.4) is 0 Å². The molecule has 0 atom stereocenters. The van der Waals surface area contributed by atoms with Gasteiger partial charge in [0, 0.05) is 24.5 Å². The number of halogens is 1. The molecule has 0 spiro atoms. The van der Waals surface area contributed by atoms with E-state index < -0.39 is 31.3 Å². The molecule has 1 saturated heterocycles. The van der Waals surface area contributed by atoms with Gasteiger partial charge in [-0.2, -0.15) is 0 Å². The van der Waals surface area contributed by atoms with Crippen molar-refractivity contribution >= 4 is 27.1 Å². The summed E-state index contributed by atoms with van der Waals surface area (Å²) in [4.78, 5) is 11.8.